The lowest BCUT2D eigenvalue weighted by molar-refractivity contribution is -0.104. The Morgan fingerprint density at radius 3 is 2.30 bits per heavy atom. The fraction of sp³-hybridized carbons (Fsp3) is 0.455. The molecule has 2 bridgehead atoms. The SMILES string of the molecule is OC1(c2ccccc2OC(F)F)CC2CCCC(C1)N2Cc1ccccc1. The van der Waals surface area contributed by atoms with Crippen molar-refractivity contribution in [1.82, 2.24) is 4.90 Å². The minimum atomic E-state index is -2.90. The smallest absolute Gasteiger partial charge is 0.387 e. The van der Waals surface area contributed by atoms with E-state index in [1.54, 1.807) is 18.2 Å². The van der Waals surface area contributed by atoms with E-state index in [0.717, 1.165) is 25.8 Å². The number of halogens is 2. The summed E-state index contributed by atoms with van der Waals surface area (Å²) in [5.41, 5.74) is 0.622. The van der Waals surface area contributed by atoms with Gasteiger partial charge in [0.1, 0.15) is 5.75 Å². The summed E-state index contributed by atoms with van der Waals surface area (Å²) in [7, 11) is 0. The molecule has 2 atom stereocenters. The quantitative estimate of drug-likeness (QED) is 0.825. The van der Waals surface area contributed by atoms with Crippen LogP contribution < -0.4 is 4.74 Å². The van der Waals surface area contributed by atoms with E-state index < -0.39 is 12.2 Å². The van der Waals surface area contributed by atoms with Crippen LogP contribution in [-0.2, 0) is 12.1 Å². The van der Waals surface area contributed by atoms with Crippen LogP contribution in [0.2, 0.25) is 0 Å². The maximum Gasteiger partial charge on any atom is 0.387 e. The van der Waals surface area contributed by atoms with E-state index in [1.165, 1.54) is 11.6 Å². The molecule has 0 aromatic heterocycles. The van der Waals surface area contributed by atoms with Crippen molar-refractivity contribution < 1.29 is 18.6 Å². The molecule has 2 aromatic carbocycles. The molecule has 0 aliphatic carbocycles. The molecule has 144 valence electrons. The van der Waals surface area contributed by atoms with E-state index in [9.17, 15) is 13.9 Å². The van der Waals surface area contributed by atoms with E-state index >= 15 is 0 Å². The normalized spacial score (nSPS) is 28.3. The molecule has 5 heteroatoms. The van der Waals surface area contributed by atoms with E-state index in [-0.39, 0.29) is 17.8 Å². The molecule has 27 heavy (non-hydrogen) atoms. The number of ether oxygens (including phenoxy) is 1. The zero-order chi connectivity index (χ0) is 18.9. The molecule has 0 spiro atoms. The van der Waals surface area contributed by atoms with Gasteiger partial charge in [-0.3, -0.25) is 4.90 Å². The summed E-state index contributed by atoms with van der Waals surface area (Å²) in [6, 6.07) is 17.5. The predicted molar refractivity (Wildman–Crippen MR) is 99.6 cm³/mol. The highest BCUT2D eigenvalue weighted by Crippen LogP contribution is 2.47. The van der Waals surface area contributed by atoms with Crippen LogP contribution >= 0.6 is 0 Å². The average Bonchev–Trinajstić information content (AvgIpc) is 2.63. The zero-order valence-corrected chi connectivity index (χ0v) is 15.2. The molecule has 2 fully saturated rings. The number of nitrogens with zero attached hydrogens (tertiary/aromatic N) is 1. The fourth-order valence-corrected chi connectivity index (χ4v) is 4.84. The molecule has 2 aromatic rings. The summed E-state index contributed by atoms with van der Waals surface area (Å²) >= 11 is 0. The average molecular weight is 373 g/mol. The monoisotopic (exact) mass is 373 g/mol. The first kappa shape index (κ1) is 18.4. The first-order valence-corrected chi connectivity index (χ1v) is 9.61. The molecule has 0 amide bonds. The molecule has 1 N–H and O–H groups in total. The lowest BCUT2D eigenvalue weighted by atomic mass is 9.72. The molecule has 4 rings (SSSR count). The molecule has 0 saturated carbocycles. The number of piperidine rings is 2. The van der Waals surface area contributed by atoms with Gasteiger partial charge in [0, 0.05) is 24.2 Å². The van der Waals surface area contributed by atoms with Gasteiger partial charge in [-0.25, -0.2) is 0 Å². The van der Waals surface area contributed by atoms with Gasteiger partial charge in [0.2, 0.25) is 0 Å². The van der Waals surface area contributed by atoms with Crippen LogP contribution in [0, 0.1) is 0 Å². The third kappa shape index (κ3) is 3.85. The van der Waals surface area contributed by atoms with Crippen LogP contribution in [0.15, 0.2) is 54.6 Å². The van der Waals surface area contributed by atoms with Gasteiger partial charge in [-0.15, -0.1) is 0 Å². The number of hydrogen-bond acceptors (Lipinski definition) is 3. The van der Waals surface area contributed by atoms with E-state index in [1.807, 2.05) is 18.2 Å². The summed E-state index contributed by atoms with van der Waals surface area (Å²) in [5, 5.41) is 11.5. The van der Waals surface area contributed by atoms with Crippen molar-refractivity contribution in [2.45, 2.75) is 62.9 Å². The fourth-order valence-electron chi connectivity index (χ4n) is 4.84. The first-order valence-electron chi connectivity index (χ1n) is 9.61. The van der Waals surface area contributed by atoms with Gasteiger partial charge in [-0.2, -0.15) is 8.78 Å². The van der Waals surface area contributed by atoms with Gasteiger partial charge in [0.25, 0.3) is 0 Å². The molecular formula is C22H25F2NO2. The van der Waals surface area contributed by atoms with Crippen molar-refractivity contribution in [3.8, 4) is 5.75 Å². The molecule has 2 unspecified atom stereocenters. The zero-order valence-electron chi connectivity index (χ0n) is 15.2. The topological polar surface area (TPSA) is 32.7 Å². The van der Waals surface area contributed by atoms with Crippen LogP contribution in [0.5, 0.6) is 5.75 Å². The number of rotatable bonds is 5. The maximum atomic E-state index is 12.8. The molecule has 2 aliphatic rings. The first-order chi connectivity index (χ1) is 13.0. The number of aliphatic hydroxyl groups is 1. The second-order valence-electron chi connectivity index (χ2n) is 7.71. The maximum absolute atomic E-state index is 12.8. The molecule has 2 saturated heterocycles. The van der Waals surface area contributed by atoms with Gasteiger partial charge in [0.15, 0.2) is 0 Å². The Morgan fingerprint density at radius 2 is 1.63 bits per heavy atom. The Labute approximate surface area is 158 Å². The van der Waals surface area contributed by atoms with Gasteiger partial charge >= 0.3 is 6.61 Å². The van der Waals surface area contributed by atoms with Crippen LogP contribution in [0.3, 0.4) is 0 Å². The van der Waals surface area contributed by atoms with Crippen LogP contribution in [0.4, 0.5) is 8.78 Å². The molecule has 3 nitrogen and oxygen atoms in total. The van der Waals surface area contributed by atoms with Crippen molar-refractivity contribution in [3.05, 3.63) is 65.7 Å². The Balaban J connectivity index is 1.59. The lowest BCUT2D eigenvalue weighted by Crippen LogP contribution is -2.56. The highest BCUT2D eigenvalue weighted by atomic mass is 19.3. The molecule has 0 radical (unpaired) electrons. The number of benzene rings is 2. The van der Waals surface area contributed by atoms with E-state index in [4.69, 9.17) is 4.74 Å². The summed E-state index contributed by atoms with van der Waals surface area (Å²) in [5.74, 6) is 0.0876. The minimum absolute atomic E-state index is 0.0876. The number of alkyl halides is 2. The molecular weight excluding hydrogens is 348 g/mol. The highest BCUT2D eigenvalue weighted by Gasteiger charge is 2.47. The number of fused-ring (bicyclic) bond motifs is 2. The summed E-state index contributed by atoms with van der Waals surface area (Å²) in [6.07, 6.45) is 4.26. The molecule has 2 heterocycles. The molecule has 2 aliphatic heterocycles. The van der Waals surface area contributed by atoms with Crippen LogP contribution in [0.25, 0.3) is 0 Å². The van der Waals surface area contributed by atoms with E-state index in [2.05, 4.69) is 17.0 Å². The standard InChI is InChI=1S/C22H25F2NO2/c23-21(24)27-20-12-5-4-11-19(20)22(26)13-17-9-6-10-18(14-22)25(17)15-16-7-2-1-3-8-16/h1-5,7-8,11-12,17-18,21,26H,6,9-10,13-15H2. The highest BCUT2D eigenvalue weighted by molar-refractivity contribution is 5.39. The summed E-state index contributed by atoms with van der Waals surface area (Å²) in [4.78, 5) is 2.49. The number of hydrogen-bond donors (Lipinski definition) is 1. The predicted octanol–water partition coefficient (Wildman–Crippen LogP) is 4.69. The Kier molecular flexibility index (Phi) is 5.15. The van der Waals surface area contributed by atoms with Crippen molar-refractivity contribution in [2.75, 3.05) is 0 Å². The van der Waals surface area contributed by atoms with Gasteiger partial charge in [0.05, 0.1) is 5.60 Å². The largest absolute Gasteiger partial charge is 0.434 e. The third-order valence-electron chi connectivity index (χ3n) is 5.97. The van der Waals surface area contributed by atoms with E-state index in [0.29, 0.717) is 18.4 Å². The third-order valence-corrected chi connectivity index (χ3v) is 5.97. The minimum Gasteiger partial charge on any atom is -0.434 e. The number of para-hydroxylation sites is 1. The lowest BCUT2D eigenvalue weighted by Gasteiger charge is -2.52. The summed E-state index contributed by atoms with van der Waals surface area (Å²) < 4.78 is 30.3. The van der Waals surface area contributed by atoms with Crippen molar-refractivity contribution in [3.63, 3.8) is 0 Å². The Bertz CT molecular complexity index is 754. The van der Waals surface area contributed by atoms with Gasteiger partial charge < -0.3 is 9.84 Å². The van der Waals surface area contributed by atoms with Gasteiger partial charge in [-0.05, 0) is 37.3 Å². The van der Waals surface area contributed by atoms with Crippen molar-refractivity contribution in [1.29, 1.82) is 0 Å². The van der Waals surface area contributed by atoms with Gasteiger partial charge in [-0.1, -0.05) is 55.0 Å². The summed E-state index contributed by atoms with van der Waals surface area (Å²) in [6.45, 7) is -2.03. The second kappa shape index (κ2) is 7.56. The van der Waals surface area contributed by atoms with Crippen LogP contribution in [-0.4, -0.2) is 28.7 Å². The Hall–Kier alpha value is -1.98. The van der Waals surface area contributed by atoms with Crippen molar-refractivity contribution >= 4 is 0 Å². The Morgan fingerprint density at radius 1 is 1.00 bits per heavy atom. The van der Waals surface area contributed by atoms with Crippen LogP contribution in [0.1, 0.15) is 43.2 Å². The van der Waals surface area contributed by atoms with Crippen molar-refractivity contribution in [2.24, 2.45) is 0 Å². The second-order valence-corrected chi connectivity index (χ2v) is 7.71.